The summed E-state index contributed by atoms with van der Waals surface area (Å²) in [4.78, 5) is 0. The van der Waals surface area contributed by atoms with Crippen LogP contribution in [0, 0.1) is 0 Å². The van der Waals surface area contributed by atoms with Gasteiger partial charge in [-0.05, 0) is 13.8 Å². The van der Waals surface area contributed by atoms with Crippen LogP contribution in [0.1, 0.15) is 25.5 Å². The van der Waals surface area contributed by atoms with Crippen LogP contribution in [0.2, 0.25) is 0 Å². The van der Waals surface area contributed by atoms with Crippen LogP contribution in [0.4, 0.5) is 0 Å². The van der Waals surface area contributed by atoms with Gasteiger partial charge in [-0.3, -0.25) is 5.10 Å². The molecule has 1 rings (SSSR count). The molecule has 0 spiro atoms. The molecule has 2 N–H and O–H groups in total. The first-order chi connectivity index (χ1) is 5.20. The zero-order valence-electron chi connectivity index (χ0n) is 6.70. The summed E-state index contributed by atoms with van der Waals surface area (Å²) in [6.45, 7) is 3.90. The molecule has 0 aromatic carbocycles. The second-order valence-electron chi connectivity index (χ2n) is 2.72. The van der Waals surface area contributed by atoms with Gasteiger partial charge in [-0.1, -0.05) is 11.6 Å². The van der Waals surface area contributed by atoms with Crippen molar-refractivity contribution in [1.82, 2.24) is 10.2 Å². The van der Waals surface area contributed by atoms with Gasteiger partial charge >= 0.3 is 0 Å². The predicted molar refractivity (Wildman–Crippen MR) is 43.0 cm³/mol. The molecular formula is C8H12N2O. The van der Waals surface area contributed by atoms with Crippen LogP contribution in [0.3, 0.4) is 0 Å². The van der Waals surface area contributed by atoms with Crippen LogP contribution in [0.5, 0.6) is 0 Å². The van der Waals surface area contributed by atoms with Crippen molar-refractivity contribution in [3.63, 3.8) is 0 Å². The lowest BCUT2D eigenvalue weighted by molar-refractivity contribution is 0.228. The fourth-order valence-corrected chi connectivity index (χ4v) is 0.835. The highest BCUT2D eigenvalue weighted by atomic mass is 16.3. The molecule has 0 aliphatic heterocycles. The minimum absolute atomic E-state index is 0.529. The SMILES string of the molecule is CC(C)=CC(O)c1cn[nH]c1. The maximum absolute atomic E-state index is 9.44. The van der Waals surface area contributed by atoms with Crippen molar-refractivity contribution in [2.45, 2.75) is 20.0 Å². The zero-order chi connectivity index (χ0) is 8.27. The molecule has 0 saturated heterocycles. The van der Waals surface area contributed by atoms with E-state index >= 15 is 0 Å². The van der Waals surface area contributed by atoms with Gasteiger partial charge in [0.2, 0.25) is 0 Å². The van der Waals surface area contributed by atoms with Crippen LogP contribution in [-0.2, 0) is 0 Å². The highest BCUT2D eigenvalue weighted by Crippen LogP contribution is 2.12. The van der Waals surface area contributed by atoms with E-state index in [2.05, 4.69) is 10.2 Å². The maximum atomic E-state index is 9.44. The van der Waals surface area contributed by atoms with E-state index in [0.717, 1.165) is 11.1 Å². The lowest BCUT2D eigenvalue weighted by Gasteiger charge is -2.01. The Bertz CT molecular complexity index is 235. The largest absolute Gasteiger partial charge is 0.384 e. The lowest BCUT2D eigenvalue weighted by Crippen LogP contribution is -1.90. The van der Waals surface area contributed by atoms with Crippen molar-refractivity contribution < 1.29 is 5.11 Å². The number of rotatable bonds is 2. The number of nitrogens with zero attached hydrogens (tertiary/aromatic N) is 1. The summed E-state index contributed by atoms with van der Waals surface area (Å²) in [6, 6.07) is 0. The number of hydrogen-bond acceptors (Lipinski definition) is 2. The second kappa shape index (κ2) is 3.34. The minimum Gasteiger partial charge on any atom is -0.384 e. The van der Waals surface area contributed by atoms with Crippen molar-refractivity contribution >= 4 is 0 Å². The third-order valence-electron chi connectivity index (χ3n) is 1.35. The van der Waals surface area contributed by atoms with E-state index in [1.54, 1.807) is 18.5 Å². The van der Waals surface area contributed by atoms with E-state index in [-0.39, 0.29) is 0 Å². The second-order valence-corrected chi connectivity index (χ2v) is 2.72. The molecule has 1 aromatic rings. The number of aromatic amines is 1. The number of allylic oxidation sites excluding steroid dienone is 1. The zero-order valence-corrected chi connectivity index (χ0v) is 6.70. The highest BCUT2D eigenvalue weighted by molar-refractivity contribution is 5.15. The van der Waals surface area contributed by atoms with Crippen molar-refractivity contribution in [1.29, 1.82) is 0 Å². The van der Waals surface area contributed by atoms with Crippen LogP contribution < -0.4 is 0 Å². The summed E-state index contributed by atoms with van der Waals surface area (Å²) in [5.74, 6) is 0. The number of aromatic nitrogens is 2. The Balaban J connectivity index is 2.71. The van der Waals surface area contributed by atoms with Crippen molar-refractivity contribution in [3.8, 4) is 0 Å². The molecule has 0 aliphatic rings. The molecule has 60 valence electrons. The summed E-state index contributed by atoms with van der Waals surface area (Å²) >= 11 is 0. The monoisotopic (exact) mass is 152 g/mol. The third kappa shape index (κ3) is 2.20. The number of aliphatic hydroxyl groups excluding tert-OH is 1. The summed E-state index contributed by atoms with van der Waals surface area (Å²) in [6.07, 6.45) is 4.55. The standard InChI is InChI=1S/C8H12N2O/c1-6(2)3-8(11)7-4-9-10-5-7/h3-5,8,11H,1-2H3,(H,9,10). The molecule has 0 amide bonds. The Kier molecular flexibility index (Phi) is 2.44. The summed E-state index contributed by atoms with van der Waals surface area (Å²) in [5.41, 5.74) is 1.89. The van der Waals surface area contributed by atoms with Gasteiger partial charge in [0.25, 0.3) is 0 Å². The molecule has 1 unspecified atom stereocenters. The molecule has 11 heavy (non-hydrogen) atoms. The Hall–Kier alpha value is -1.09. The van der Waals surface area contributed by atoms with Gasteiger partial charge < -0.3 is 5.11 Å². The van der Waals surface area contributed by atoms with Gasteiger partial charge in [-0.2, -0.15) is 5.10 Å². The average Bonchev–Trinajstić information content (AvgIpc) is 2.35. The molecule has 1 heterocycles. The molecule has 0 saturated carbocycles. The molecule has 1 atom stereocenters. The first-order valence-corrected chi connectivity index (χ1v) is 3.52. The molecule has 0 aliphatic carbocycles. The van der Waals surface area contributed by atoms with Gasteiger partial charge in [0.1, 0.15) is 6.10 Å². The molecular weight excluding hydrogens is 140 g/mol. The number of hydrogen-bond donors (Lipinski definition) is 2. The summed E-state index contributed by atoms with van der Waals surface area (Å²) in [7, 11) is 0. The highest BCUT2D eigenvalue weighted by Gasteiger charge is 2.03. The fourth-order valence-electron chi connectivity index (χ4n) is 0.835. The van der Waals surface area contributed by atoms with Crippen LogP contribution in [-0.4, -0.2) is 15.3 Å². The molecule has 0 radical (unpaired) electrons. The van der Waals surface area contributed by atoms with E-state index in [1.165, 1.54) is 0 Å². The van der Waals surface area contributed by atoms with Gasteiger partial charge in [0.05, 0.1) is 6.20 Å². The first kappa shape index (κ1) is 8.01. The minimum atomic E-state index is -0.529. The lowest BCUT2D eigenvalue weighted by atomic mass is 10.1. The smallest absolute Gasteiger partial charge is 0.100 e. The number of aliphatic hydroxyl groups is 1. The number of H-pyrrole nitrogens is 1. The van der Waals surface area contributed by atoms with E-state index in [1.807, 2.05) is 13.8 Å². The summed E-state index contributed by atoms with van der Waals surface area (Å²) < 4.78 is 0. The molecule has 1 aromatic heterocycles. The predicted octanol–water partition coefficient (Wildman–Crippen LogP) is 1.41. The van der Waals surface area contributed by atoms with Gasteiger partial charge in [-0.25, -0.2) is 0 Å². The van der Waals surface area contributed by atoms with E-state index in [9.17, 15) is 5.11 Å². The Morgan fingerprint density at radius 3 is 2.91 bits per heavy atom. The Morgan fingerprint density at radius 2 is 2.45 bits per heavy atom. The molecule has 0 bridgehead atoms. The van der Waals surface area contributed by atoms with Gasteiger partial charge in [0.15, 0.2) is 0 Å². The molecule has 3 heteroatoms. The Labute approximate surface area is 65.8 Å². The molecule has 0 fully saturated rings. The van der Waals surface area contributed by atoms with E-state index in [4.69, 9.17) is 0 Å². The Morgan fingerprint density at radius 1 is 1.73 bits per heavy atom. The van der Waals surface area contributed by atoms with E-state index < -0.39 is 6.10 Å². The van der Waals surface area contributed by atoms with Crippen molar-refractivity contribution in [3.05, 3.63) is 29.6 Å². The topological polar surface area (TPSA) is 48.9 Å². The quantitative estimate of drug-likeness (QED) is 0.629. The maximum Gasteiger partial charge on any atom is 0.100 e. The number of nitrogens with one attached hydrogen (secondary N) is 1. The van der Waals surface area contributed by atoms with Crippen LogP contribution in [0.25, 0.3) is 0 Å². The van der Waals surface area contributed by atoms with Crippen molar-refractivity contribution in [2.75, 3.05) is 0 Å². The normalized spacial score (nSPS) is 12.6. The van der Waals surface area contributed by atoms with Gasteiger partial charge in [0, 0.05) is 11.8 Å². The van der Waals surface area contributed by atoms with E-state index in [0.29, 0.717) is 0 Å². The van der Waals surface area contributed by atoms with Crippen LogP contribution in [0.15, 0.2) is 24.0 Å². The third-order valence-corrected chi connectivity index (χ3v) is 1.35. The summed E-state index contributed by atoms with van der Waals surface area (Å²) in [5, 5.41) is 15.8. The average molecular weight is 152 g/mol. The van der Waals surface area contributed by atoms with Gasteiger partial charge in [-0.15, -0.1) is 0 Å². The fraction of sp³-hybridized carbons (Fsp3) is 0.375. The van der Waals surface area contributed by atoms with Crippen molar-refractivity contribution in [2.24, 2.45) is 0 Å². The first-order valence-electron chi connectivity index (χ1n) is 3.52. The van der Waals surface area contributed by atoms with Crippen LogP contribution >= 0.6 is 0 Å². The molecule has 3 nitrogen and oxygen atoms in total.